The van der Waals surface area contributed by atoms with Gasteiger partial charge in [-0.25, -0.2) is 14.2 Å². The van der Waals surface area contributed by atoms with Crippen LogP contribution < -0.4 is 5.32 Å². The number of amidine groups is 1. The van der Waals surface area contributed by atoms with E-state index in [0.29, 0.717) is 47.8 Å². The molecule has 2 aromatic rings. The number of benzene rings is 1. The number of aliphatic hydroxyl groups is 1. The number of aromatic nitrogens is 1. The molecule has 1 unspecified atom stereocenters. The first-order chi connectivity index (χ1) is 14.0. The Morgan fingerprint density at radius 3 is 2.69 bits per heavy atom. The van der Waals surface area contributed by atoms with E-state index in [1.807, 2.05) is 0 Å². The minimum atomic E-state index is -1.13. The maximum absolute atomic E-state index is 14.1. The van der Waals surface area contributed by atoms with Crippen LogP contribution in [0.2, 0.25) is 5.02 Å². The molecule has 9 heteroatoms. The van der Waals surface area contributed by atoms with Crippen molar-refractivity contribution >= 4 is 34.7 Å². The van der Waals surface area contributed by atoms with Crippen molar-refractivity contribution in [1.29, 1.82) is 0 Å². The molecule has 6 nitrogen and oxygen atoms in total. The first kappa shape index (κ1) is 20.0. The van der Waals surface area contributed by atoms with Gasteiger partial charge >= 0.3 is 5.97 Å². The largest absolute Gasteiger partial charge is 0.478 e. The fourth-order valence-electron chi connectivity index (χ4n) is 3.89. The lowest BCUT2D eigenvalue weighted by molar-refractivity contribution is -0.133. The number of hydrogen-bond acceptors (Lipinski definition) is 6. The van der Waals surface area contributed by atoms with Gasteiger partial charge in [-0.15, -0.1) is 11.3 Å². The molecule has 1 atom stereocenters. The van der Waals surface area contributed by atoms with Crippen LogP contribution in [0.25, 0.3) is 0 Å². The summed E-state index contributed by atoms with van der Waals surface area (Å²) in [5.41, 5.74) is 0.891. The van der Waals surface area contributed by atoms with Gasteiger partial charge in [-0.2, -0.15) is 0 Å². The molecule has 0 saturated heterocycles. The van der Waals surface area contributed by atoms with Gasteiger partial charge in [0.25, 0.3) is 0 Å². The molecule has 3 N–H and O–H groups in total. The Kier molecular flexibility index (Phi) is 5.67. The molecule has 0 amide bonds. The van der Waals surface area contributed by atoms with Crippen molar-refractivity contribution in [2.75, 3.05) is 0 Å². The van der Waals surface area contributed by atoms with Crippen LogP contribution in [-0.4, -0.2) is 33.1 Å². The van der Waals surface area contributed by atoms with Crippen LogP contribution in [0, 0.1) is 11.7 Å². The zero-order valence-corrected chi connectivity index (χ0v) is 16.9. The molecule has 1 aromatic heterocycles. The third-order valence-electron chi connectivity index (χ3n) is 5.32. The van der Waals surface area contributed by atoms with E-state index in [4.69, 9.17) is 11.6 Å². The van der Waals surface area contributed by atoms with Crippen molar-refractivity contribution in [1.82, 2.24) is 10.3 Å². The van der Waals surface area contributed by atoms with Crippen molar-refractivity contribution in [3.63, 3.8) is 0 Å². The van der Waals surface area contributed by atoms with Gasteiger partial charge < -0.3 is 15.5 Å². The number of carboxylic acids is 1. The molecule has 0 radical (unpaired) electrons. The van der Waals surface area contributed by atoms with Gasteiger partial charge in [0, 0.05) is 22.8 Å². The van der Waals surface area contributed by atoms with Crippen LogP contribution in [0.15, 0.2) is 46.0 Å². The lowest BCUT2D eigenvalue weighted by atomic mass is 9.81. The van der Waals surface area contributed by atoms with Crippen LogP contribution in [0.4, 0.5) is 4.39 Å². The van der Waals surface area contributed by atoms with E-state index in [1.165, 1.54) is 23.5 Å². The Morgan fingerprint density at radius 1 is 1.28 bits per heavy atom. The first-order valence-electron chi connectivity index (χ1n) is 9.29. The number of rotatable bonds is 4. The zero-order valence-electron chi connectivity index (χ0n) is 15.3. The van der Waals surface area contributed by atoms with Crippen molar-refractivity contribution in [3.05, 3.63) is 62.5 Å². The van der Waals surface area contributed by atoms with Crippen LogP contribution in [0.5, 0.6) is 0 Å². The normalized spacial score (nSPS) is 24.8. The number of carbonyl (C=O) groups is 1. The predicted octanol–water partition coefficient (Wildman–Crippen LogP) is 3.92. The second-order valence-corrected chi connectivity index (χ2v) is 8.40. The van der Waals surface area contributed by atoms with Gasteiger partial charge in [0.2, 0.25) is 0 Å². The summed E-state index contributed by atoms with van der Waals surface area (Å²) in [6.07, 6.45) is 3.76. The molecule has 2 heterocycles. The van der Waals surface area contributed by atoms with E-state index >= 15 is 0 Å². The fraction of sp³-hybridized carbons (Fsp3) is 0.350. The van der Waals surface area contributed by atoms with E-state index in [1.54, 1.807) is 17.6 Å². The molecule has 0 spiro atoms. The number of nitrogens with zero attached hydrogens (tertiary/aromatic N) is 2. The number of hydrogen-bond donors (Lipinski definition) is 3. The summed E-state index contributed by atoms with van der Waals surface area (Å²) < 4.78 is 14.1. The average molecular weight is 436 g/mol. The minimum absolute atomic E-state index is 0.0548. The van der Waals surface area contributed by atoms with E-state index in [-0.39, 0.29) is 22.6 Å². The van der Waals surface area contributed by atoms with Crippen molar-refractivity contribution in [3.8, 4) is 0 Å². The molecule has 1 saturated carbocycles. The highest BCUT2D eigenvalue weighted by Crippen LogP contribution is 2.41. The second kappa shape index (κ2) is 8.22. The third-order valence-corrected chi connectivity index (χ3v) is 6.50. The standard InChI is InChI=1S/C20H19ClFN3O3S/c21-15-12(2-1-3-13(15)22)17-14(20(27)28)16(10-4-6-11(26)7-5-10)24-18(25-17)19-23-8-9-29-19/h1-3,8-11,17,26H,4-7H2,(H,24,25)(H,27,28). The Morgan fingerprint density at radius 2 is 2.03 bits per heavy atom. The summed E-state index contributed by atoms with van der Waals surface area (Å²) in [7, 11) is 0. The molecule has 2 aliphatic rings. The molecule has 1 aromatic carbocycles. The summed E-state index contributed by atoms with van der Waals surface area (Å²) in [6.45, 7) is 0. The summed E-state index contributed by atoms with van der Waals surface area (Å²) in [4.78, 5) is 21.1. The molecule has 4 rings (SSSR count). The van der Waals surface area contributed by atoms with Crippen LogP contribution >= 0.6 is 22.9 Å². The lowest BCUT2D eigenvalue weighted by Crippen LogP contribution is -2.38. The number of allylic oxidation sites excluding steroid dienone is 1. The lowest BCUT2D eigenvalue weighted by Gasteiger charge is -2.33. The maximum Gasteiger partial charge on any atom is 0.335 e. The number of carboxylic acid groups (broad SMARTS) is 1. The molecule has 0 bridgehead atoms. The van der Waals surface area contributed by atoms with Crippen LogP contribution in [0.3, 0.4) is 0 Å². The maximum atomic E-state index is 14.1. The number of halogens is 2. The fourth-order valence-corrected chi connectivity index (χ4v) is 4.71. The molecular weight excluding hydrogens is 417 g/mol. The Balaban J connectivity index is 1.86. The second-order valence-electron chi connectivity index (χ2n) is 7.12. The van der Waals surface area contributed by atoms with Crippen molar-refractivity contribution in [2.24, 2.45) is 10.9 Å². The minimum Gasteiger partial charge on any atom is -0.478 e. The Labute approximate surface area is 175 Å². The number of nitrogens with one attached hydrogen (secondary N) is 1. The third kappa shape index (κ3) is 3.92. The van der Waals surface area contributed by atoms with Gasteiger partial charge in [0.05, 0.1) is 16.7 Å². The topological polar surface area (TPSA) is 94.8 Å². The summed E-state index contributed by atoms with van der Waals surface area (Å²) in [5, 5.41) is 25.3. The zero-order chi connectivity index (χ0) is 20.5. The van der Waals surface area contributed by atoms with Gasteiger partial charge in [0.15, 0.2) is 10.8 Å². The SMILES string of the molecule is O=C(O)C1=C(C2CCC(O)CC2)NC(c2nccs2)=NC1c1cccc(F)c1Cl. The summed E-state index contributed by atoms with van der Waals surface area (Å²) in [5.74, 6) is -1.40. The molecule has 1 aliphatic heterocycles. The van der Waals surface area contributed by atoms with Crippen molar-refractivity contribution in [2.45, 2.75) is 37.8 Å². The smallest absolute Gasteiger partial charge is 0.335 e. The van der Waals surface area contributed by atoms with Gasteiger partial charge in [-0.3, -0.25) is 4.99 Å². The predicted molar refractivity (Wildman–Crippen MR) is 109 cm³/mol. The molecule has 152 valence electrons. The number of aliphatic carboxylic acids is 1. The molecule has 29 heavy (non-hydrogen) atoms. The number of aliphatic imine (C=N–C) groups is 1. The number of aliphatic hydroxyl groups excluding tert-OH is 1. The monoisotopic (exact) mass is 435 g/mol. The van der Waals surface area contributed by atoms with E-state index in [9.17, 15) is 19.4 Å². The van der Waals surface area contributed by atoms with Gasteiger partial charge in [0.1, 0.15) is 11.9 Å². The Hall–Kier alpha value is -2.29. The quantitative estimate of drug-likeness (QED) is 0.676. The molecule has 1 aliphatic carbocycles. The highest BCUT2D eigenvalue weighted by atomic mass is 35.5. The van der Waals surface area contributed by atoms with Crippen LogP contribution in [-0.2, 0) is 4.79 Å². The van der Waals surface area contributed by atoms with E-state index in [0.717, 1.165) is 0 Å². The van der Waals surface area contributed by atoms with Gasteiger partial charge in [-0.1, -0.05) is 23.7 Å². The van der Waals surface area contributed by atoms with Crippen LogP contribution in [0.1, 0.15) is 42.3 Å². The highest BCUT2D eigenvalue weighted by Gasteiger charge is 2.37. The summed E-state index contributed by atoms with van der Waals surface area (Å²) >= 11 is 7.57. The number of thiazole rings is 1. The molecule has 1 fully saturated rings. The molecular formula is C20H19ClFN3O3S. The first-order valence-corrected chi connectivity index (χ1v) is 10.6. The van der Waals surface area contributed by atoms with E-state index in [2.05, 4.69) is 15.3 Å². The average Bonchev–Trinajstić information content (AvgIpc) is 3.24. The highest BCUT2D eigenvalue weighted by molar-refractivity contribution is 7.11. The Bertz CT molecular complexity index is 985. The summed E-state index contributed by atoms with van der Waals surface area (Å²) in [6, 6.07) is 3.35. The van der Waals surface area contributed by atoms with Gasteiger partial charge in [-0.05, 0) is 37.7 Å². The van der Waals surface area contributed by atoms with Crippen molar-refractivity contribution < 1.29 is 19.4 Å². The van der Waals surface area contributed by atoms with E-state index < -0.39 is 17.8 Å².